The Hall–Kier alpha value is -2.97. The molecule has 1 aliphatic heterocycles. The minimum atomic E-state index is -3.06. The van der Waals surface area contributed by atoms with E-state index in [0.29, 0.717) is 12.8 Å². The summed E-state index contributed by atoms with van der Waals surface area (Å²) in [5.41, 5.74) is 0.173. The molecule has 1 aliphatic carbocycles. The SMILES string of the molecule is COc1ccc(NC(=O)[C@H](C)N2C(=O)[C@@H]3CC=CC[C@H]3C2=O)cc1OC(F)F. The van der Waals surface area contributed by atoms with Crippen LogP contribution in [-0.2, 0) is 14.4 Å². The van der Waals surface area contributed by atoms with E-state index < -0.39 is 30.4 Å². The second kappa shape index (κ2) is 7.95. The summed E-state index contributed by atoms with van der Waals surface area (Å²) < 4.78 is 34.4. The van der Waals surface area contributed by atoms with Crippen molar-refractivity contribution < 1.29 is 32.6 Å². The van der Waals surface area contributed by atoms with Crippen LogP contribution in [0, 0.1) is 11.8 Å². The van der Waals surface area contributed by atoms with E-state index in [2.05, 4.69) is 10.1 Å². The molecule has 28 heavy (non-hydrogen) atoms. The minimum Gasteiger partial charge on any atom is -0.493 e. The maximum Gasteiger partial charge on any atom is 0.387 e. The molecule has 1 N–H and O–H groups in total. The van der Waals surface area contributed by atoms with E-state index in [4.69, 9.17) is 4.74 Å². The van der Waals surface area contributed by atoms with Crippen LogP contribution in [0.2, 0.25) is 0 Å². The molecule has 0 radical (unpaired) electrons. The Morgan fingerprint density at radius 2 is 1.75 bits per heavy atom. The molecule has 0 spiro atoms. The zero-order valence-electron chi connectivity index (χ0n) is 15.4. The highest BCUT2D eigenvalue weighted by molar-refractivity contribution is 6.10. The number of alkyl halides is 2. The number of halogens is 2. The maximum atomic E-state index is 12.6. The fourth-order valence-electron chi connectivity index (χ4n) is 3.51. The molecule has 0 aromatic heterocycles. The molecule has 1 aromatic rings. The molecule has 0 saturated carbocycles. The first kappa shape index (κ1) is 19.8. The first-order chi connectivity index (χ1) is 13.3. The van der Waals surface area contributed by atoms with E-state index in [-0.39, 0.29) is 29.0 Å². The number of carbonyl (C=O) groups is 3. The van der Waals surface area contributed by atoms with Crippen molar-refractivity contribution in [2.24, 2.45) is 11.8 Å². The van der Waals surface area contributed by atoms with Gasteiger partial charge in [0, 0.05) is 11.8 Å². The van der Waals surface area contributed by atoms with Gasteiger partial charge < -0.3 is 14.8 Å². The number of hydrogen-bond donors (Lipinski definition) is 1. The molecule has 9 heteroatoms. The summed E-state index contributed by atoms with van der Waals surface area (Å²) in [4.78, 5) is 38.7. The number of anilines is 1. The van der Waals surface area contributed by atoms with Crippen molar-refractivity contribution >= 4 is 23.4 Å². The van der Waals surface area contributed by atoms with Crippen molar-refractivity contribution in [2.75, 3.05) is 12.4 Å². The van der Waals surface area contributed by atoms with E-state index >= 15 is 0 Å². The predicted molar refractivity (Wildman–Crippen MR) is 94.9 cm³/mol. The van der Waals surface area contributed by atoms with Gasteiger partial charge in [0.2, 0.25) is 17.7 Å². The summed E-state index contributed by atoms with van der Waals surface area (Å²) >= 11 is 0. The Morgan fingerprint density at radius 3 is 2.29 bits per heavy atom. The van der Waals surface area contributed by atoms with Gasteiger partial charge in [-0.15, -0.1) is 0 Å². The second-order valence-corrected chi connectivity index (χ2v) is 6.61. The number of allylic oxidation sites excluding steroid dienone is 2. The molecule has 3 amide bonds. The van der Waals surface area contributed by atoms with Gasteiger partial charge in [0.25, 0.3) is 0 Å². The summed E-state index contributed by atoms with van der Waals surface area (Å²) in [7, 11) is 1.30. The van der Waals surface area contributed by atoms with E-state index in [1.165, 1.54) is 32.2 Å². The van der Waals surface area contributed by atoms with Crippen LogP contribution >= 0.6 is 0 Å². The van der Waals surface area contributed by atoms with Crippen molar-refractivity contribution in [3.63, 3.8) is 0 Å². The normalized spacial score (nSPS) is 22.2. The van der Waals surface area contributed by atoms with E-state index in [9.17, 15) is 23.2 Å². The molecule has 1 fully saturated rings. The van der Waals surface area contributed by atoms with Crippen LogP contribution in [0.25, 0.3) is 0 Å². The third-order valence-electron chi connectivity index (χ3n) is 4.96. The summed E-state index contributed by atoms with van der Waals surface area (Å²) in [6.07, 6.45) is 4.69. The number of nitrogens with zero attached hydrogens (tertiary/aromatic N) is 1. The number of methoxy groups -OCH3 is 1. The van der Waals surface area contributed by atoms with Crippen LogP contribution in [0.4, 0.5) is 14.5 Å². The van der Waals surface area contributed by atoms with Gasteiger partial charge in [-0.05, 0) is 31.9 Å². The van der Waals surface area contributed by atoms with Gasteiger partial charge in [-0.25, -0.2) is 0 Å². The molecule has 0 unspecified atom stereocenters. The lowest BCUT2D eigenvalue weighted by Crippen LogP contribution is -2.46. The quantitative estimate of drug-likeness (QED) is 0.592. The number of amides is 3. The first-order valence-electron chi connectivity index (χ1n) is 8.79. The van der Waals surface area contributed by atoms with Gasteiger partial charge in [0.1, 0.15) is 6.04 Å². The van der Waals surface area contributed by atoms with Gasteiger partial charge in [-0.2, -0.15) is 8.78 Å². The lowest BCUT2D eigenvalue weighted by atomic mass is 9.85. The molecule has 150 valence electrons. The Bertz CT molecular complexity index is 801. The molecule has 2 aliphatic rings. The zero-order chi connectivity index (χ0) is 20.4. The zero-order valence-corrected chi connectivity index (χ0v) is 15.4. The van der Waals surface area contributed by atoms with E-state index in [1.807, 2.05) is 12.2 Å². The van der Waals surface area contributed by atoms with Crippen LogP contribution in [0.3, 0.4) is 0 Å². The van der Waals surface area contributed by atoms with E-state index in [1.54, 1.807) is 0 Å². The average Bonchev–Trinajstić information content (AvgIpc) is 2.92. The lowest BCUT2D eigenvalue weighted by molar-refractivity contribution is -0.146. The van der Waals surface area contributed by atoms with E-state index in [0.717, 1.165) is 4.90 Å². The Morgan fingerprint density at radius 1 is 1.14 bits per heavy atom. The van der Waals surface area contributed by atoms with Gasteiger partial charge >= 0.3 is 6.61 Å². The minimum absolute atomic E-state index is 0.0767. The number of nitrogens with one attached hydrogen (secondary N) is 1. The highest BCUT2D eigenvalue weighted by Crippen LogP contribution is 2.36. The largest absolute Gasteiger partial charge is 0.493 e. The topological polar surface area (TPSA) is 84.9 Å². The molecular weight excluding hydrogens is 374 g/mol. The predicted octanol–water partition coefficient (Wildman–Crippen LogP) is 2.57. The van der Waals surface area contributed by atoms with Crippen molar-refractivity contribution in [2.45, 2.75) is 32.4 Å². The highest BCUT2D eigenvalue weighted by Gasteiger charge is 2.50. The monoisotopic (exact) mass is 394 g/mol. The van der Waals surface area contributed by atoms with Crippen LogP contribution in [0.1, 0.15) is 19.8 Å². The molecule has 1 aromatic carbocycles. The maximum absolute atomic E-state index is 12.6. The third kappa shape index (κ3) is 3.69. The number of carbonyl (C=O) groups excluding carboxylic acids is 3. The standard InChI is InChI=1S/C19H20F2N2O5/c1-10(23-17(25)12-5-3-4-6-13(12)18(23)26)16(24)22-11-7-8-14(27-2)15(9-11)28-19(20)21/h3-4,7-10,12-13,19H,5-6H2,1-2H3,(H,22,24)/t10-,12+,13+/m0/s1. The molecular formula is C19H20F2N2O5. The molecule has 7 nitrogen and oxygen atoms in total. The summed E-state index contributed by atoms with van der Waals surface area (Å²) in [5, 5.41) is 2.52. The second-order valence-electron chi connectivity index (χ2n) is 6.61. The van der Waals surface area contributed by atoms with Crippen LogP contribution < -0.4 is 14.8 Å². The summed E-state index contributed by atoms with van der Waals surface area (Å²) in [6, 6.07) is 2.96. The molecule has 3 atom stereocenters. The van der Waals surface area contributed by atoms with Crippen LogP contribution in [0.15, 0.2) is 30.4 Å². The average molecular weight is 394 g/mol. The van der Waals surface area contributed by atoms with Gasteiger partial charge in [0.15, 0.2) is 11.5 Å². The number of fused-ring (bicyclic) bond motifs is 1. The van der Waals surface area contributed by atoms with Crippen molar-refractivity contribution in [3.8, 4) is 11.5 Å². The van der Waals surface area contributed by atoms with Gasteiger partial charge in [-0.1, -0.05) is 12.2 Å². The first-order valence-corrected chi connectivity index (χ1v) is 8.79. The fraction of sp³-hybridized carbons (Fsp3) is 0.421. The summed E-state index contributed by atoms with van der Waals surface area (Å²) in [6.45, 7) is -1.61. The molecule has 1 saturated heterocycles. The van der Waals surface area contributed by atoms with Gasteiger partial charge in [0.05, 0.1) is 18.9 Å². The number of benzene rings is 1. The number of likely N-dealkylation sites (tertiary alicyclic amines) is 1. The van der Waals surface area contributed by atoms with Gasteiger partial charge in [-0.3, -0.25) is 19.3 Å². The Kier molecular flexibility index (Phi) is 5.62. The highest BCUT2D eigenvalue weighted by atomic mass is 19.3. The van der Waals surface area contributed by atoms with Crippen molar-refractivity contribution in [3.05, 3.63) is 30.4 Å². The molecule has 3 rings (SSSR count). The number of ether oxygens (including phenoxy) is 2. The van der Waals surface area contributed by atoms with Crippen molar-refractivity contribution in [1.29, 1.82) is 0 Å². The number of hydrogen-bond acceptors (Lipinski definition) is 5. The molecule has 1 heterocycles. The Labute approximate surface area is 160 Å². The fourth-order valence-corrected chi connectivity index (χ4v) is 3.51. The van der Waals surface area contributed by atoms with Crippen molar-refractivity contribution in [1.82, 2.24) is 4.90 Å². The summed E-state index contributed by atoms with van der Waals surface area (Å²) in [5.74, 6) is -2.36. The lowest BCUT2D eigenvalue weighted by Gasteiger charge is -2.22. The number of rotatable bonds is 6. The third-order valence-corrected chi connectivity index (χ3v) is 4.96. The number of imide groups is 1. The van der Waals surface area contributed by atoms with Crippen LogP contribution in [0.5, 0.6) is 11.5 Å². The van der Waals surface area contributed by atoms with Crippen LogP contribution in [-0.4, -0.2) is 42.4 Å². The molecule has 0 bridgehead atoms. The smallest absolute Gasteiger partial charge is 0.387 e. The Balaban J connectivity index is 1.74.